The molecule has 168 valence electrons. The first-order valence-corrected chi connectivity index (χ1v) is 10.7. The summed E-state index contributed by atoms with van der Waals surface area (Å²) < 4.78 is 5.39. The van der Waals surface area contributed by atoms with Crippen molar-refractivity contribution in [2.24, 2.45) is 0 Å². The molecule has 0 aromatic carbocycles. The molecule has 2 aliphatic rings. The molecule has 0 bridgehead atoms. The predicted octanol–water partition coefficient (Wildman–Crippen LogP) is 1.14. The van der Waals surface area contributed by atoms with Crippen LogP contribution in [0.1, 0.15) is 46.5 Å². The predicted molar refractivity (Wildman–Crippen MR) is 112 cm³/mol. The summed E-state index contributed by atoms with van der Waals surface area (Å²) >= 11 is 0. The van der Waals surface area contributed by atoms with Gasteiger partial charge in [-0.1, -0.05) is 6.42 Å². The number of amides is 4. The molecule has 1 N–H and O–H groups in total. The molecule has 0 atom stereocenters. The van der Waals surface area contributed by atoms with Crippen molar-refractivity contribution in [3.8, 4) is 0 Å². The third kappa shape index (κ3) is 8.14. The number of hydrogen-bond donors (Lipinski definition) is 1. The van der Waals surface area contributed by atoms with Gasteiger partial charge in [0.15, 0.2) is 0 Å². The van der Waals surface area contributed by atoms with Gasteiger partial charge in [-0.3, -0.25) is 24.2 Å². The Bertz CT molecular complexity index is 645. The average molecular weight is 423 g/mol. The van der Waals surface area contributed by atoms with E-state index in [1.165, 1.54) is 17.1 Å². The summed E-state index contributed by atoms with van der Waals surface area (Å²) in [6, 6.07) is 0. The number of ether oxygens (including phenoxy) is 1. The van der Waals surface area contributed by atoms with Crippen LogP contribution in [0.5, 0.6) is 0 Å². The monoisotopic (exact) mass is 422 g/mol. The van der Waals surface area contributed by atoms with Gasteiger partial charge >= 0.3 is 6.09 Å². The zero-order valence-corrected chi connectivity index (χ0v) is 18.3. The molecule has 30 heavy (non-hydrogen) atoms. The van der Waals surface area contributed by atoms with Crippen molar-refractivity contribution in [3.63, 3.8) is 0 Å². The third-order valence-electron chi connectivity index (χ3n) is 4.96. The summed E-state index contributed by atoms with van der Waals surface area (Å²) in [5, 5.41) is 2.93. The van der Waals surface area contributed by atoms with E-state index in [1.807, 2.05) is 20.8 Å². The number of carbonyl (C=O) groups excluding carboxylic acids is 4. The van der Waals surface area contributed by atoms with E-state index in [-0.39, 0.29) is 23.8 Å². The highest BCUT2D eigenvalue weighted by atomic mass is 16.6. The zero-order valence-electron chi connectivity index (χ0n) is 18.3. The summed E-state index contributed by atoms with van der Waals surface area (Å²) in [7, 11) is 0. The number of carbonyl (C=O) groups is 4. The van der Waals surface area contributed by atoms with Crippen LogP contribution in [-0.2, 0) is 19.1 Å². The van der Waals surface area contributed by atoms with Crippen LogP contribution in [0.15, 0.2) is 12.2 Å². The number of rotatable bonds is 9. The lowest BCUT2D eigenvalue weighted by atomic mass is 10.2. The molecule has 0 unspecified atom stereocenters. The van der Waals surface area contributed by atoms with E-state index < -0.39 is 5.60 Å². The highest BCUT2D eigenvalue weighted by molar-refractivity contribution is 6.12. The lowest BCUT2D eigenvalue weighted by molar-refractivity contribution is -0.137. The maximum atomic E-state index is 12.1. The smallest absolute Gasteiger partial charge is 0.410 e. The fraction of sp³-hybridized carbons (Fsp3) is 0.714. The van der Waals surface area contributed by atoms with Crippen molar-refractivity contribution < 1.29 is 23.9 Å². The fourth-order valence-corrected chi connectivity index (χ4v) is 3.31. The van der Waals surface area contributed by atoms with Gasteiger partial charge in [0.05, 0.1) is 0 Å². The standard InChI is InChI=1S/C21H34N4O5/c1-21(2,3)30-20(29)24-15-13-23(14-16-24)12-10-22-17(26)7-5-4-6-11-25-18(27)8-9-19(25)28/h8-9H,4-7,10-16H2,1-3H3,(H,22,26). The van der Waals surface area contributed by atoms with E-state index in [9.17, 15) is 19.2 Å². The molecule has 0 radical (unpaired) electrons. The first kappa shape index (κ1) is 23.9. The molecule has 0 aliphatic carbocycles. The van der Waals surface area contributed by atoms with Crippen LogP contribution in [0.2, 0.25) is 0 Å². The number of hydrogen-bond acceptors (Lipinski definition) is 6. The Morgan fingerprint density at radius 3 is 2.20 bits per heavy atom. The van der Waals surface area contributed by atoms with Gasteiger partial charge in [-0.2, -0.15) is 0 Å². The molecular formula is C21H34N4O5. The Balaban J connectivity index is 1.49. The van der Waals surface area contributed by atoms with Gasteiger partial charge in [0.2, 0.25) is 5.91 Å². The van der Waals surface area contributed by atoms with Gasteiger partial charge in [-0.25, -0.2) is 4.79 Å². The van der Waals surface area contributed by atoms with Crippen molar-refractivity contribution in [2.75, 3.05) is 45.8 Å². The van der Waals surface area contributed by atoms with E-state index in [0.29, 0.717) is 39.0 Å². The molecule has 0 spiro atoms. The molecule has 2 heterocycles. The first-order valence-electron chi connectivity index (χ1n) is 10.7. The van der Waals surface area contributed by atoms with E-state index in [0.717, 1.165) is 32.5 Å². The van der Waals surface area contributed by atoms with Gasteiger partial charge in [0, 0.05) is 64.4 Å². The Labute approximate surface area is 178 Å². The van der Waals surface area contributed by atoms with Crippen LogP contribution >= 0.6 is 0 Å². The van der Waals surface area contributed by atoms with E-state index in [2.05, 4.69) is 10.2 Å². The van der Waals surface area contributed by atoms with Crippen LogP contribution in [0.3, 0.4) is 0 Å². The molecule has 9 nitrogen and oxygen atoms in total. The van der Waals surface area contributed by atoms with Gasteiger partial charge in [-0.15, -0.1) is 0 Å². The SMILES string of the molecule is CC(C)(C)OC(=O)N1CCN(CCNC(=O)CCCCCN2C(=O)C=CC2=O)CC1. The summed E-state index contributed by atoms with van der Waals surface area (Å²) in [5.74, 6) is -0.508. The van der Waals surface area contributed by atoms with Crippen molar-refractivity contribution in [1.82, 2.24) is 20.0 Å². The number of nitrogens with one attached hydrogen (secondary N) is 1. The molecule has 2 rings (SSSR count). The minimum absolute atomic E-state index is 0.0115. The van der Waals surface area contributed by atoms with Gasteiger partial charge in [-0.05, 0) is 33.6 Å². The Morgan fingerprint density at radius 1 is 0.967 bits per heavy atom. The lowest BCUT2D eigenvalue weighted by Gasteiger charge is -2.35. The highest BCUT2D eigenvalue weighted by Gasteiger charge is 2.25. The number of imide groups is 1. The number of piperazine rings is 1. The molecule has 9 heteroatoms. The molecule has 0 aromatic heterocycles. The summed E-state index contributed by atoms with van der Waals surface area (Å²) in [4.78, 5) is 52.1. The molecule has 1 fully saturated rings. The summed E-state index contributed by atoms with van der Waals surface area (Å²) in [6.45, 7) is 10.1. The highest BCUT2D eigenvalue weighted by Crippen LogP contribution is 2.12. The lowest BCUT2D eigenvalue weighted by Crippen LogP contribution is -2.51. The molecule has 4 amide bonds. The topological polar surface area (TPSA) is 99.3 Å². The summed E-state index contributed by atoms with van der Waals surface area (Å²) in [5.41, 5.74) is -0.487. The minimum atomic E-state index is -0.487. The van der Waals surface area contributed by atoms with Crippen LogP contribution in [-0.4, -0.2) is 89.9 Å². The number of unbranched alkanes of at least 4 members (excludes halogenated alkanes) is 2. The first-order chi connectivity index (χ1) is 14.2. The van der Waals surface area contributed by atoms with E-state index in [1.54, 1.807) is 4.90 Å². The molecule has 0 saturated carbocycles. The second-order valence-electron chi connectivity index (χ2n) is 8.63. The fourth-order valence-electron chi connectivity index (χ4n) is 3.31. The van der Waals surface area contributed by atoms with Crippen LogP contribution in [0, 0.1) is 0 Å². The van der Waals surface area contributed by atoms with Gasteiger partial charge in [0.25, 0.3) is 11.8 Å². The van der Waals surface area contributed by atoms with Gasteiger partial charge in [0.1, 0.15) is 5.60 Å². The maximum Gasteiger partial charge on any atom is 0.410 e. The normalized spacial score (nSPS) is 17.6. The second-order valence-corrected chi connectivity index (χ2v) is 8.63. The van der Waals surface area contributed by atoms with Crippen LogP contribution < -0.4 is 5.32 Å². The second kappa shape index (κ2) is 11.1. The van der Waals surface area contributed by atoms with Gasteiger partial charge < -0.3 is 15.0 Å². The average Bonchev–Trinajstić information content (AvgIpc) is 2.99. The number of nitrogens with zero attached hydrogens (tertiary/aromatic N) is 3. The molecule has 1 saturated heterocycles. The van der Waals surface area contributed by atoms with Crippen molar-refractivity contribution in [2.45, 2.75) is 52.1 Å². The van der Waals surface area contributed by atoms with E-state index >= 15 is 0 Å². The van der Waals surface area contributed by atoms with Crippen LogP contribution in [0.4, 0.5) is 4.79 Å². The third-order valence-corrected chi connectivity index (χ3v) is 4.96. The largest absolute Gasteiger partial charge is 0.444 e. The van der Waals surface area contributed by atoms with E-state index in [4.69, 9.17) is 4.74 Å². The summed E-state index contributed by atoms with van der Waals surface area (Å²) in [6.07, 6.45) is 4.95. The Hall–Kier alpha value is -2.42. The minimum Gasteiger partial charge on any atom is -0.444 e. The Morgan fingerprint density at radius 2 is 1.60 bits per heavy atom. The Kier molecular flexibility index (Phi) is 8.83. The van der Waals surface area contributed by atoms with Crippen molar-refractivity contribution >= 4 is 23.8 Å². The molecule has 0 aromatic rings. The molecule has 2 aliphatic heterocycles. The quantitative estimate of drug-likeness (QED) is 0.442. The van der Waals surface area contributed by atoms with Crippen molar-refractivity contribution in [1.29, 1.82) is 0 Å². The van der Waals surface area contributed by atoms with Crippen LogP contribution in [0.25, 0.3) is 0 Å². The maximum absolute atomic E-state index is 12.1. The molecular weight excluding hydrogens is 388 g/mol. The van der Waals surface area contributed by atoms with Crippen molar-refractivity contribution in [3.05, 3.63) is 12.2 Å². The zero-order chi connectivity index (χ0) is 22.1.